The van der Waals surface area contributed by atoms with Crippen LogP contribution in [-0.4, -0.2) is 29.3 Å². The van der Waals surface area contributed by atoms with Gasteiger partial charge in [-0.2, -0.15) is 0 Å². The topological polar surface area (TPSA) is 55.8 Å². The summed E-state index contributed by atoms with van der Waals surface area (Å²) in [5, 5.41) is 0.938. The Labute approximate surface area is 76.6 Å². The van der Waals surface area contributed by atoms with Gasteiger partial charge in [0, 0.05) is 0 Å². The quantitative estimate of drug-likeness (QED) is 0.569. The average molecular weight is 187 g/mol. The van der Waals surface area contributed by atoms with Crippen LogP contribution in [0.3, 0.4) is 0 Å². The number of hydroxylamine groups is 2. The molecule has 1 heterocycles. The van der Waals surface area contributed by atoms with Gasteiger partial charge >= 0.3 is 12.1 Å². The molecule has 1 amide bonds. The lowest BCUT2D eigenvalue weighted by Gasteiger charge is -2.22. The second kappa shape index (κ2) is 3.24. The first-order chi connectivity index (χ1) is 5.88. The third kappa shape index (κ3) is 2.93. The Balaban J connectivity index is 2.45. The lowest BCUT2D eigenvalue weighted by atomic mass is 10.2. The van der Waals surface area contributed by atoms with Crippen molar-refractivity contribution in [1.29, 1.82) is 0 Å². The van der Waals surface area contributed by atoms with E-state index in [1.165, 1.54) is 0 Å². The number of ether oxygens (including phenoxy) is 1. The standard InChI is InChI=1S/C8H13NO4/c1-8(2,3)12-7(11)9-5-4-6(10)13-9/h4-5H2,1-3H3. The molecule has 1 fully saturated rings. The summed E-state index contributed by atoms with van der Waals surface area (Å²) in [6.45, 7) is 5.53. The molecule has 74 valence electrons. The van der Waals surface area contributed by atoms with Crippen LogP contribution in [0.4, 0.5) is 4.79 Å². The normalized spacial score (nSPS) is 17.2. The monoisotopic (exact) mass is 187 g/mol. The smallest absolute Gasteiger partial charge is 0.442 e. The van der Waals surface area contributed by atoms with Crippen LogP contribution in [0.15, 0.2) is 0 Å². The first-order valence-corrected chi connectivity index (χ1v) is 4.10. The molecule has 13 heavy (non-hydrogen) atoms. The molecule has 0 aliphatic carbocycles. The van der Waals surface area contributed by atoms with Crippen LogP contribution in [0.2, 0.25) is 0 Å². The molecule has 1 aliphatic rings. The van der Waals surface area contributed by atoms with Crippen molar-refractivity contribution in [2.45, 2.75) is 32.8 Å². The van der Waals surface area contributed by atoms with Crippen LogP contribution in [0, 0.1) is 0 Å². The van der Waals surface area contributed by atoms with E-state index in [0.717, 1.165) is 5.06 Å². The number of amides is 1. The average Bonchev–Trinajstić information content (AvgIpc) is 2.31. The summed E-state index contributed by atoms with van der Waals surface area (Å²) in [6.07, 6.45) is -0.377. The minimum absolute atomic E-state index is 0.235. The molecule has 0 N–H and O–H groups in total. The van der Waals surface area contributed by atoms with E-state index in [1.807, 2.05) is 0 Å². The van der Waals surface area contributed by atoms with Crippen LogP contribution in [0.1, 0.15) is 27.2 Å². The fourth-order valence-electron chi connectivity index (χ4n) is 0.848. The lowest BCUT2D eigenvalue weighted by molar-refractivity contribution is -0.166. The van der Waals surface area contributed by atoms with E-state index in [4.69, 9.17) is 4.74 Å². The van der Waals surface area contributed by atoms with Crippen molar-refractivity contribution in [3.63, 3.8) is 0 Å². The maximum atomic E-state index is 11.2. The van der Waals surface area contributed by atoms with Crippen molar-refractivity contribution in [1.82, 2.24) is 5.06 Å². The van der Waals surface area contributed by atoms with Crippen LogP contribution < -0.4 is 0 Å². The molecule has 0 aromatic rings. The van der Waals surface area contributed by atoms with Gasteiger partial charge in [0.2, 0.25) is 0 Å². The molecule has 0 bridgehead atoms. The number of carbonyl (C=O) groups excluding carboxylic acids is 2. The largest absolute Gasteiger partial charge is 0.443 e. The molecule has 0 atom stereocenters. The molecule has 0 aromatic heterocycles. The van der Waals surface area contributed by atoms with E-state index in [1.54, 1.807) is 20.8 Å². The second-order valence-corrected chi connectivity index (χ2v) is 3.80. The first-order valence-electron chi connectivity index (χ1n) is 4.10. The zero-order valence-corrected chi connectivity index (χ0v) is 7.99. The van der Waals surface area contributed by atoms with Gasteiger partial charge in [-0.15, -0.1) is 5.06 Å². The van der Waals surface area contributed by atoms with Crippen LogP contribution in [-0.2, 0) is 14.4 Å². The predicted octanol–water partition coefficient (Wildman–Crippen LogP) is 1.09. The van der Waals surface area contributed by atoms with E-state index in [-0.39, 0.29) is 13.0 Å². The third-order valence-electron chi connectivity index (χ3n) is 1.33. The van der Waals surface area contributed by atoms with Gasteiger partial charge < -0.3 is 9.57 Å². The van der Waals surface area contributed by atoms with Crippen molar-refractivity contribution >= 4 is 12.1 Å². The van der Waals surface area contributed by atoms with Crippen molar-refractivity contribution < 1.29 is 19.2 Å². The van der Waals surface area contributed by atoms with Gasteiger partial charge in [-0.05, 0) is 20.8 Å². The van der Waals surface area contributed by atoms with Gasteiger partial charge in [-0.25, -0.2) is 9.59 Å². The van der Waals surface area contributed by atoms with Crippen molar-refractivity contribution in [3.8, 4) is 0 Å². The Kier molecular flexibility index (Phi) is 2.45. The Morgan fingerprint density at radius 2 is 2.15 bits per heavy atom. The van der Waals surface area contributed by atoms with Crippen molar-refractivity contribution in [2.75, 3.05) is 6.54 Å². The fourth-order valence-corrected chi connectivity index (χ4v) is 0.848. The zero-order chi connectivity index (χ0) is 10.1. The maximum Gasteiger partial charge on any atom is 0.443 e. The highest BCUT2D eigenvalue weighted by Crippen LogP contribution is 2.13. The highest BCUT2D eigenvalue weighted by atomic mass is 16.8. The first kappa shape index (κ1) is 9.83. The van der Waals surface area contributed by atoms with Crippen LogP contribution in [0.25, 0.3) is 0 Å². The maximum absolute atomic E-state index is 11.2. The minimum atomic E-state index is -0.613. The van der Waals surface area contributed by atoms with E-state index in [9.17, 15) is 9.59 Å². The molecule has 1 saturated heterocycles. The Morgan fingerprint density at radius 3 is 2.54 bits per heavy atom. The molecule has 0 saturated carbocycles. The van der Waals surface area contributed by atoms with E-state index in [2.05, 4.69) is 4.84 Å². The number of nitrogens with zero attached hydrogens (tertiary/aromatic N) is 1. The molecule has 0 unspecified atom stereocenters. The Hall–Kier alpha value is -1.26. The van der Waals surface area contributed by atoms with E-state index < -0.39 is 17.7 Å². The van der Waals surface area contributed by atoms with E-state index in [0.29, 0.717) is 0 Å². The molecule has 0 spiro atoms. The van der Waals surface area contributed by atoms with E-state index >= 15 is 0 Å². The van der Waals surface area contributed by atoms with Gasteiger partial charge in [-0.1, -0.05) is 0 Å². The van der Waals surface area contributed by atoms with Crippen molar-refractivity contribution in [2.24, 2.45) is 0 Å². The Morgan fingerprint density at radius 1 is 1.54 bits per heavy atom. The molecule has 5 nitrogen and oxygen atoms in total. The summed E-state index contributed by atoms with van der Waals surface area (Å²) < 4.78 is 4.98. The summed E-state index contributed by atoms with van der Waals surface area (Å²) in [7, 11) is 0. The summed E-state index contributed by atoms with van der Waals surface area (Å²) in [4.78, 5) is 26.5. The molecule has 5 heteroatoms. The molecular formula is C8H13NO4. The number of carbonyl (C=O) groups is 2. The van der Waals surface area contributed by atoms with Gasteiger partial charge in [-0.3, -0.25) is 0 Å². The molecule has 0 radical (unpaired) electrons. The number of rotatable bonds is 0. The highest BCUT2D eigenvalue weighted by Gasteiger charge is 2.30. The number of hydrogen-bond acceptors (Lipinski definition) is 4. The molecule has 1 rings (SSSR count). The van der Waals surface area contributed by atoms with Gasteiger partial charge in [0.05, 0.1) is 13.0 Å². The molecule has 0 aromatic carbocycles. The molecular weight excluding hydrogens is 174 g/mol. The third-order valence-corrected chi connectivity index (χ3v) is 1.33. The second-order valence-electron chi connectivity index (χ2n) is 3.80. The summed E-state index contributed by atoms with van der Waals surface area (Å²) in [5.41, 5.74) is -0.563. The fraction of sp³-hybridized carbons (Fsp3) is 0.750. The van der Waals surface area contributed by atoms with Gasteiger partial charge in [0.25, 0.3) is 0 Å². The van der Waals surface area contributed by atoms with Crippen LogP contribution in [0.5, 0.6) is 0 Å². The summed E-state index contributed by atoms with van der Waals surface area (Å²) >= 11 is 0. The van der Waals surface area contributed by atoms with Crippen LogP contribution >= 0.6 is 0 Å². The zero-order valence-electron chi connectivity index (χ0n) is 7.99. The van der Waals surface area contributed by atoms with Gasteiger partial charge in [0.15, 0.2) is 0 Å². The van der Waals surface area contributed by atoms with Gasteiger partial charge in [0.1, 0.15) is 5.60 Å². The lowest BCUT2D eigenvalue weighted by Crippen LogP contribution is -2.34. The minimum Gasteiger partial charge on any atom is -0.442 e. The number of hydrogen-bond donors (Lipinski definition) is 0. The highest BCUT2D eigenvalue weighted by molar-refractivity contribution is 5.76. The summed E-state index contributed by atoms with van der Waals surface area (Å²) in [5.74, 6) is -0.397. The Bertz CT molecular complexity index is 231. The van der Waals surface area contributed by atoms with Crippen molar-refractivity contribution in [3.05, 3.63) is 0 Å². The molecule has 1 aliphatic heterocycles. The SMILES string of the molecule is CC(C)(C)OC(=O)N1CCC(=O)O1. The summed E-state index contributed by atoms with van der Waals surface area (Å²) in [6, 6.07) is 0. The predicted molar refractivity (Wildman–Crippen MR) is 43.6 cm³/mol.